The highest BCUT2D eigenvalue weighted by Crippen LogP contribution is 2.24. The number of hydrogen-bond acceptors (Lipinski definition) is 3. The van der Waals surface area contributed by atoms with E-state index in [-0.39, 0.29) is 18.0 Å². The van der Waals surface area contributed by atoms with Crippen LogP contribution >= 0.6 is 0 Å². The van der Waals surface area contributed by atoms with Gasteiger partial charge in [-0.15, -0.1) is 0 Å². The molecule has 0 aromatic heterocycles. The highest BCUT2D eigenvalue weighted by atomic mass is 16.4. The fraction of sp³-hybridized carbons (Fsp3) is 0.600. The molecule has 2 N–H and O–H groups in total. The second kappa shape index (κ2) is 8.54. The lowest BCUT2D eigenvalue weighted by molar-refractivity contribution is -0.142. The molecule has 2 aliphatic rings. The van der Waals surface area contributed by atoms with Crippen LogP contribution in [0.5, 0.6) is 0 Å². The van der Waals surface area contributed by atoms with E-state index in [1.165, 1.54) is 11.1 Å². The fourth-order valence-electron chi connectivity index (χ4n) is 3.93. The molecule has 1 aromatic carbocycles. The Labute approximate surface area is 155 Å². The number of nitrogens with zero attached hydrogens (tertiary/aromatic N) is 2. The Morgan fingerprint density at radius 1 is 1.12 bits per heavy atom. The lowest BCUT2D eigenvalue weighted by Gasteiger charge is -2.36. The van der Waals surface area contributed by atoms with Crippen molar-refractivity contribution in [3.05, 3.63) is 35.4 Å². The van der Waals surface area contributed by atoms with Crippen LogP contribution in [0.4, 0.5) is 4.79 Å². The molecule has 0 unspecified atom stereocenters. The summed E-state index contributed by atoms with van der Waals surface area (Å²) in [5, 5.41) is 12.2. The minimum Gasteiger partial charge on any atom is -0.481 e. The van der Waals surface area contributed by atoms with Gasteiger partial charge < -0.3 is 15.3 Å². The number of hydrogen-bond donors (Lipinski definition) is 2. The van der Waals surface area contributed by atoms with Crippen LogP contribution in [-0.4, -0.2) is 59.1 Å². The van der Waals surface area contributed by atoms with Gasteiger partial charge in [0.25, 0.3) is 0 Å². The van der Waals surface area contributed by atoms with Crippen molar-refractivity contribution in [2.45, 2.75) is 45.2 Å². The summed E-state index contributed by atoms with van der Waals surface area (Å²) in [6.07, 6.45) is 2.83. The number of piperazine rings is 1. The van der Waals surface area contributed by atoms with E-state index >= 15 is 0 Å². The fourth-order valence-corrected chi connectivity index (χ4v) is 3.93. The zero-order valence-corrected chi connectivity index (χ0v) is 15.5. The summed E-state index contributed by atoms with van der Waals surface area (Å²) in [5.41, 5.74) is 2.59. The second-order valence-corrected chi connectivity index (χ2v) is 7.59. The van der Waals surface area contributed by atoms with Crippen molar-refractivity contribution in [2.75, 3.05) is 26.2 Å². The lowest BCUT2D eigenvalue weighted by atomic mass is 9.86. The first kappa shape index (κ1) is 18.7. The number of amides is 2. The number of carbonyl (C=O) groups excluding carboxylic acids is 1. The summed E-state index contributed by atoms with van der Waals surface area (Å²) in [5.74, 6) is -0.951. The molecule has 26 heavy (non-hydrogen) atoms. The van der Waals surface area contributed by atoms with E-state index in [2.05, 4.69) is 41.4 Å². The van der Waals surface area contributed by atoms with Crippen LogP contribution < -0.4 is 5.32 Å². The summed E-state index contributed by atoms with van der Waals surface area (Å²) < 4.78 is 0. The average Bonchev–Trinajstić information content (AvgIpc) is 2.63. The summed E-state index contributed by atoms with van der Waals surface area (Å²) in [6.45, 7) is 6.27. The molecule has 6 nitrogen and oxygen atoms in total. The predicted octanol–water partition coefficient (Wildman–Crippen LogP) is 2.47. The van der Waals surface area contributed by atoms with E-state index in [4.69, 9.17) is 5.11 Å². The predicted molar refractivity (Wildman–Crippen MR) is 99.9 cm³/mol. The SMILES string of the molecule is Cc1cccc(CN2CCN(C(=O)NC3CCC(C(=O)O)CC3)CC2)c1. The Morgan fingerprint density at radius 2 is 1.81 bits per heavy atom. The Hall–Kier alpha value is -2.08. The summed E-state index contributed by atoms with van der Waals surface area (Å²) in [6, 6.07) is 8.68. The van der Waals surface area contributed by atoms with Gasteiger partial charge in [0.15, 0.2) is 0 Å². The minimum atomic E-state index is -0.709. The zero-order valence-electron chi connectivity index (χ0n) is 15.5. The van der Waals surface area contributed by atoms with Crippen LogP contribution in [0.25, 0.3) is 0 Å². The molecule has 0 spiro atoms. The highest BCUT2D eigenvalue weighted by molar-refractivity contribution is 5.75. The highest BCUT2D eigenvalue weighted by Gasteiger charge is 2.28. The largest absolute Gasteiger partial charge is 0.481 e. The number of rotatable bonds is 4. The molecule has 3 rings (SSSR count). The molecule has 1 aromatic rings. The smallest absolute Gasteiger partial charge is 0.317 e. The number of nitrogens with one attached hydrogen (secondary N) is 1. The van der Waals surface area contributed by atoms with Crippen molar-refractivity contribution in [2.24, 2.45) is 5.92 Å². The monoisotopic (exact) mass is 359 g/mol. The molecular formula is C20H29N3O3. The minimum absolute atomic E-state index is 0.000944. The topological polar surface area (TPSA) is 72.9 Å². The molecule has 1 saturated carbocycles. The van der Waals surface area contributed by atoms with Crippen molar-refractivity contribution in [3.8, 4) is 0 Å². The summed E-state index contributed by atoms with van der Waals surface area (Å²) in [4.78, 5) is 27.8. The number of urea groups is 1. The number of aliphatic carboxylic acids is 1. The van der Waals surface area contributed by atoms with Crippen LogP contribution in [-0.2, 0) is 11.3 Å². The Morgan fingerprint density at radius 3 is 2.42 bits per heavy atom. The van der Waals surface area contributed by atoms with E-state index in [0.717, 1.165) is 45.6 Å². The van der Waals surface area contributed by atoms with Crippen molar-refractivity contribution in [1.29, 1.82) is 0 Å². The van der Waals surface area contributed by atoms with Crippen LogP contribution in [0, 0.1) is 12.8 Å². The number of aryl methyl sites for hydroxylation is 1. The molecule has 142 valence electrons. The van der Waals surface area contributed by atoms with Crippen LogP contribution in [0.1, 0.15) is 36.8 Å². The molecular weight excluding hydrogens is 330 g/mol. The van der Waals surface area contributed by atoms with Gasteiger partial charge in [-0.05, 0) is 38.2 Å². The molecule has 2 amide bonds. The van der Waals surface area contributed by atoms with E-state index < -0.39 is 5.97 Å². The summed E-state index contributed by atoms with van der Waals surface area (Å²) >= 11 is 0. The third-order valence-corrected chi connectivity index (χ3v) is 5.55. The van der Waals surface area contributed by atoms with Crippen molar-refractivity contribution in [3.63, 3.8) is 0 Å². The Bertz CT molecular complexity index is 633. The van der Waals surface area contributed by atoms with Gasteiger partial charge in [0.2, 0.25) is 0 Å². The van der Waals surface area contributed by atoms with E-state index in [0.29, 0.717) is 12.8 Å². The van der Waals surface area contributed by atoms with Gasteiger partial charge in [0.05, 0.1) is 5.92 Å². The number of benzene rings is 1. The van der Waals surface area contributed by atoms with Gasteiger partial charge in [-0.3, -0.25) is 9.69 Å². The standard InChI is InChI=1S/C20H29N3O3/c1-15-3-2-4-16(13-15)14-22-9-11-23(12-10-22)20(26)21-18-7-5-17(6-8-18)19(24)25/h2-4,13,17-18H,5-12,14H2,1H3,(H,21,26)(H,24,25). The van der Waals surface area contributed by atoms with Gasteiger partial charge in [-0.25, -0.2) is 4.79 Å². The van der Waals surface area contributed by atoms with Crippen molar-refractivity contribution in [1.82, 2.24) is 15.1 Å². The molecule has 0 bridgehead atoms. The molecule has 1 aliphatic carbocycles. The maximum atomic E-state index is 12.5. The Kier molecular flexibility index (Phi) is 6.14. The second-order valence-electron chi connectivity index (χ2n) is 7.59. The molecule has 1 saturated heterocycles. The van der Waals surface area contributed by atoms with Crippen LogP contribution in [0.15, 0.2) is 24.3 Å². The third-order valence-electron chi connectivity index (χ3n) is 5.55. The molecule has 0 atom stereocenters. The molecule has 6 heteroatoms. The molecule has 2 fully saturated rings. The maximum Gasteiger partial charge on any atom is 0.317 e. The molecule has 1 heterocycles. The van der Waals surface area contributed by atoms with Crippen LogP contribution in [0.3, 0.4) is 0 Å². The normalized spacial score (nSPS) is 24.3. The number of carboxylic acid groups (broad SMARTS) is 1. The first-order valence-corrected chi connectivity index (χ1v) is 9.57. The summed E-state index contributed by atoms with van der Waals surface area (Å²) in [7, 11) is 0. The van der Waals surface area contributed by atoms with Gasteiger partial charge in [-0.1, -0.05) is 29.8 Å². The van der Waals surface area contributed by atoms with E-state index in [1.807, 2.05) is 4.90 Å². The van der Waals surface area contributed by atoms with Gasteiger partial charge in [0.1, 0.15) is 0 Å². The molecule has 1 aliphatic heterocycles. The van der Waals surface area contributed by atoms with Crippen LogP contribution in [0.2, 0.25) is 0 Å². The number of carbonyl (C=O) groups is 2. The van der Waals surface area contributed by atoms with Gasteiger partial charge in [-0.2, -0.15) is 0 Å². The van der Waals surface area contributed by atoms with Gasteiger partial charge >= 0.3 is 12.0 Å². The van der Waals surface area contributed by atoms with E-state index in [9.17, 15) is 9.59 Å². The quantitative estimate of drug-likeness (QED) is 0.866. The third kappa shape index (κ3) is 4.97. The average molecular weight is 359 g/mol. The van der Waals surface area contributed by atoms with E-state index in [1.54, 1.807) is 0 Å². The van der Waals surface area contributed by atoms with Crippen molar-refractivity contribution >= 4 is 12.0 Å². The first-order valence-electron chi connectivity index (χ1n) is 9.57. The molecule has 0 radical (unpaired) electrons. The Balaban J connectivity index is 1.40. The maximum absolute atomic E-state index is 12.5. The van der Waals surface area contributed by atoms with Crippen molar-refractivity contribution < 1.29 is 14.7 Å². The lowest BCUT2D eigenvalue weighted by Crippen LogP contribution is -2.53. The first-order chi connectivity index (χ1) is 12.5. The van der Waals surface area contributed by atoms with Gasteiger partial charge in [0, 0.05) is 38.8 Å². The zero-order chi connectivity index (χ0) is 18.5. The number of carboxylic acids is 1.